The van der Waals surface area contributed by atoms with Gasteiger partial charge in [0.2, 0.25) is 5.95 Å². The number of benzene rings is 1. The van der Waals surface area contributed by atoms with Crippen molar-refractivity contribution in [1.29, 1.82) is 0 Å². The lowest BCUT2D eigenvalue weighted by molar-refractivity contribution is -0.0950. The Balaban J connectivity index is 1.33. The highest BCUT2D eigenvalue weighted by atomic mass is 31.2. The number of hydrogen-bond donors (Lipinski definition) is 4. The fraction of sp³-hybridized carbons (Fsp3) is 0.429. The van der Waals surface area contributed by atoms with E-state index in [1.54, 1.807) is 0 Å². The zero-order valence-corrected chi connectivity index (χ0v) is 19.7. The minimum absolute atomic E-state index is 0.100. The average Bonchev–Trinajstić information content (AvgIpc) is 3.32. The summed E-state index contributed by atoms with van der Waals surface area (Å²) in [5, 5.41) is 21.9. The number of aliphatic hydroxyl groups excluding tert-OH is 1. The van der Waals surface area contributed by atoms with Crippen molar-refractivity contribution in [3.8, 4) is 0 Å². The highest BCUT2D eigenvalue weighted by molar-refractivity contribution is 7.48. The Hall–Kier alpha value is -2.71. The van der Waals surface area contributed by atoms with Crippen LogP contribution in [0.25, 0.3) is 11.0 Å². The molecule has 0 spiro atoms. The van der Waals surface area contributed by atoms with Crippen LogP contribution >= 0.6 is 7.82 Å². The molecule has 36 heavy (non-hydrogen) atoms. The molecule has 15 heteroatoms. The molecule has 6 atom stereocenters. The second-order valence-electron chi connectivity index (χ2n) is 8.73. The number of fused-ring (bicyclic) bond motifs is 1. The van der Waals surface area contributed by atoms with Gasteiger partial charge in [0.05, 0.1) is 24.7 Å². The molecular formula is C21H23F2N4O8P. The van der Waals surface area contributed by atoms with Crippen molar-refractivity contribution >= 4 is 24.8 Å². The van der Waals surface area contributed by atoms with Crippen LogP contribution in [0, 0.1) is 11.6 Å². The van der Waals surface area contributed by atoms with Gasteiger partial charge in [-0.1, -0.05) is 0 Å². The van der Waals surface area contributed by atoms with Crippen LogP contribution in [0.1, 0.15) is 31.2 Å². The monoisotopic (exact) mass is 528 g/mol. The van der Waals surface area contributed by atoms with Gasteiger partial charge >= 0.3 is 7.82 Å². The Morgan fingerprint density at radius 1 is 1.39 bits per heavy atom. The predicted octanol–water partition coefficient (Wildman–Crippen LogP) is 1.90. The summed E-state index contributed by atoms with van der Waals surface area (Å²) in [4.78, 5) is 18.6. The largest absolute Gasteiger partial charge is 0.475 e. The van der Waals surface area contributed by atoms with Crippen LogP contribution in [0.15, 0.2) is 35.3 Å². The number of ether oxygens (including phenoxy) is 1. The van der Waals surface area contributed by atoms with E-state index in [2.05, 4.69) is 9.97 Å². The third-order valence-corrected chi connectivity index (χ3v) is 7.67. The Morgan fingerprint density at radius 2 is 2.17 bits per heavy atom. The number of aliphatic hydroxyl groups is 2. The van der Waals surface area contributed by atoms with Crippen molar-refractivity contribution in [3.05, 3.63) is 58.0 Å². The predicted molar refractivity (Wildman–Crippen MR) is 120 cm³/mol. The number of nitrogens with one attached hydrogen (secondary N) is 1. The first-order valence-corrected chi connectivity index (χ1v) is 12.4. The SMILES string of the molecule is C[C@@]1(O)[C@H](O)[C@@H](COP2(=O)OCC[C@@H](c3cc(F)ccc3F)O2)O[C@H]1n1ccc2c(=O)[nH]c(N)nc21. The molecule has 1 unspecified atom stereocenters. The van der Waals surface area contributed by atoms with Crippen molar-refractivity contribution in [3.63, 3.8) is 0 Å². The minimum Gasteiger partial charge on any atom is -0.387 e. The number of aromatic nitrogens is 3. The molecule has 0 aliphatic carbocycles. The molecule has 1 aromatic carbocycles. The lowest BCUT2D eigenvalue weighted by atomic mass is 9.96. The number of anilines is 1. The van der Waals surface area contributed by atoms with E-state index in [9.17, 15) is 28.4 Å². The van der Waals surface area contributed by atoms with Gasteiger partial charge in [-0.05, 0) is 31.2 Å². The summed E-state index contributed by atoms with van der Waals surface area (Å²) in [7, 11) is -4.27. The number of phosphoric ester groups is 1. The molecule has 5 rings (SSSR count). The van der Waals surface area contributed by atoms with Crippen LogP contribution in [0.3, 0.4) is 0 Å². The van der Waals surface area contributed by atoms with Crippen molar-refractivity contribution in [2.75, 3.05) is 18.9 Å². The number of aromatic amines is 1. The van der Waals surface area contributed by atoms with Crippen LogP contribution in [-0.4, -0.2) is 55.8 Å². The van der Waals surface area contributed by atoms with Crippen LogP contribution in [0.2, 0.25) is 0 Å². The molecule has 2 fully saturated rings. The smallest absolute Gasteiger partial charge is 0.387 e. The van der Waals surface area contributed by atoms with Crippen LogP contribution in [0.5, 0.6) is 0 Å². The average molecular weight is 528 g/mol. The van der Waals surface area contributed by atoms with Gasteiger partial charge in [0.15, 0.2) is 11.9 Å². The Morgan fingerprint density at radius 3 is 2.94 bits per heavy atom. The quantitative estimate of drug-likeness (QED) is 0.359. The number of rotatable bonds is 5. The Kier molecular flexibility index (Phi) is 6.24. The molecule has 2 saturated heterocycles. The first-order chi connectivity index (χ1) is 17.0. The number of nitrogen functional groups attached to an aromatic ring is 1. The maximum atomic E-state index is 14.2. The van der Waals surface area contributed by atoms with Gasteiger partial charge in [0, 0.05) is 18.2 Å². The first kappa shape index (κ1) is 25.0. The summed E-state index contributed by atoms with van der Waals surface area (Å²) < 4.78 is 63.8. The molecule has 0 radical (unpaired) electrons. The molecule has 2 aromatic heterocycles. The number of nitrogens with zero attached hydrogens (tertiary/aromatic N) is 2. The van der Waals surface area contributed by atoms with E-state index in [1.807, 2.05) is 0 Å². The number of nitrogens with two attached hydrogens (primary N) is 1. The third kappa shape index (κ3) is 4.34. The number of halogens is 2. The van der Waals surface area contributed by atoms with Crippen LogP contribution in [0.4, 0.5) is 14.7 Å². The van der Waals surface area contributed by atoms with Gasteiger partial charge in [0.1, 0.15) is 29.4 Å². The zero-order chi connectivity index (χ0) is 25.8. The second kappa shape index (κ2) is 8.99. The molecule has 5 N–H and O–H groups in total. The van der Waals surface area contributed by atoms with Gasteiger partial charge in [0.25, 0.3) is 5.56 Å². The summed E-state index contributed by atoms with van der Waals surface area (Å²) in [5.74, 6) is -1.58. The van der Waals surface area contributed by atoms with E-state index in [0.717, 1.165) is 18.2 Å². The lowest BCUT2D eigenvalue weighted by Crippen LogP contribution is -2.44. The highest BCUT2D eigenvalue weighted by Gasteiger charge is 2.54. The Labute approximate surface area is 202 Å². The fourth-order valence-corrected chi connectivity index (χ4v) is 5.73. The number of phosphoric acid groups is 1. The van der Waals surface area contributed by atoms with Crippen LogP contribution in [-0.2, 0) is 22.9 Å². The van der Waals surface area contributed by atoms with Gasteiger partial charge < -0.3 is 25.3 Å². The summed E-state index contributed by atoms with van der Waals surface area (Å²) in [5.41, 5.74) is 3.22. The van der Waals surface area contributed by atoms with Gasteiger partial charge in [-0.25, -0.2) is 13.3 Å². The summed E-state index contributed by atoms with van der Waals surface area (Å²) in [6, 6.07) is 4.27. The molecule has 0 bridgehead atoms. The summed E-state index contributed by atoms with van der Waals surface area (Å²) in [6.07, 6.45) is -3.53. The standard InChI is InChI=1S/C21H23F2N4O8P/c1-21(30)16(28)15(34-19(21)27-6-4-11-17(27)25-20(24)26-18(11)29)9-33-36(31)32-7-5-14(35-36)12-8-10(22)2-3-13(12)23/h2-4,6,8,14-16,19,28,30H,5,7,9H2,1H3,(H3,24,25,26,29)/t14-,15+,16+,19+,21+,36?/m0/s1. The molecule has 2 aliphatic rings. The van der Waals surface area contributed by atoms with E-state index >= 15 is 0 Å². The summed E-state index contributed by atoms with van der Waals surface area (Å²) in [6.45, 7) is 0.644. The first-order valence-electron chi connectivity index (χ1n) is 10.9. The molecule has 194 valence electrons. The van der Waals surface area contributed by atoms with Crippen molar-refractivity contribution < 1.29 is 41.9 Å². The third-order valence-electron chi connectivity index (χ3n) is 6.19. The fourth-order valence-electron chi connectivity index (χ4n) is 4.34. The number of H-pyrrole nitrogens is 1. The van der Waals surface area contributed by atoms with Gasteiger partial charge in [-0.3, -0.25) is 23.3 Å². The molecule has 3 aromatic rings. The molecular weight excluding hydrogens is 505 g/mol. The molecule has 0 saturated carbocycles. The maximum absolute atomic E-state index is 14.2. The van der Waals surface area contributed by atoms with Gasteiger partial charge in [-0.2, -0.15) is 4.98 Å². The Bertz CT molecular complexity index is 1410. The molecule has 2 aliphatic heterocycles. The topological polar surface area (TPSA) is 171 Å². The van der Waals surface area contributed by atoms with Gasteiger partial charge in [-0.15, -0.1) is 0 Å². The van der Waals surface area contributed by atoms with E-state index in [0.29, 0.717) is 0 Å². The number of hydrogen-bond acceptors (Lipinski definition) is 10. The maximum Gasteiger partial charge on any atom is 0.475 e. The second-order valence-corrected chi connectivity index (χ2v) is 10.4. The highest BCUT2D eigenvalue weighted by Crippen LogP contribution is 2.57. The van der Waals surface area contributed by atoms with E-state index in [1.165, 1.54) is 23.8 Å². The van der Waals surface area contributed by atoms with E-state index in [4.69, 9.17) is 24.0 Å². The molecule has 12 nitrogen and oxygen atoms in total. The van der Waals surface area contributed by atoms with Crippen molar-refractivity contribution in [2.45, 2.75) is 43.5 Å². The van der Waals surface area contributed by atoms with E-state index in [-0.39, 0.29) is 35.6 Å². The van der Waals surface area contributed by atoms with Crippen molar-refractivity contribution in [2.24, 2.45) is 0 Å². The van der Waals surface area contributed by atoms with Crippen LogP contribution < -0.4 is 11.3 Å². The van der Waals surface area contributed by atoms with Crippen molar-refractivity contribution in [1.82, 2.24) is 14.5 Å². The molecule has 0 amide bonds. The zero-order valence-electron chi connectivity index (χ0n) is 18.8. The lowest BCUT2D eigenvalue weighted by Gasteiger charge is -2.30. The normalized spacial score (nSPS) is 32.8. The molecule has 4 heterocycles. The summed E-state index contributed by atoms with van der Waals surface area (Å²) >= 11 is 0. The van der Waals surface area contributed by atoms with E-state index < -0.39 is 61.8 Å². The minimum atomic E-state index is -4.27.